The Morgan fingerprint density at radius 1 is 0.903 bits per heavy atom. The molecule has 158 valence electrons. The second-order valence-electron chi connectivity index (χ2n) is 8.05. The third kappa shape index (κ3) is 4.57. The first-order valence-corrected chi connectivity index (χ1v) is 11.8. The standard InChI is InChI=1S/C26H25ClN2OS/c1-28-11-13-29(14-12-28)26-4-2-3-20-7-10-23(16-25(20)26)30-17-24-15-21(18-31-24)19-5-8-22(27)9-6-19/h2-10,15-16,18H,11-14,17H2,1H3. The van der Waals surface area contributed by atoms with Crippen LogP contribution in [0, 0.1) is 0 Å². The Balaban J connectivity index is 1.33. The number of thiophene rings is 1. The van der Waals surface area contributed by atoms with E-state index in [0.717, 1.165) is 37.0 Å². The summed E-state index contributed by atoms with van der Waals surface area (Å²) in [5.41, 5.74) is 3.68. The van der Waals surface area contributed by atoms with E-state index in [1.54, 1.807) is 11.3 Å². The lowest BCUT2D eigenvalue weighted by atomic mass is 10.1. The molecule has 0 amide bonds. The van der Waals surface area contributed by atoms with E-state index in [1.807, 2.05) is 12.1 Å². The number of fused-ring (bicyclic) bond motifs is 1. The quantitative estimate of drug-likeness (QED) is 0.344. The highest BCUT2D eigenvalue weighted by molar-refractivity contribution is 7.10. The van der Waals surface area contributed by atoms with Gasteiger partial charge in [0, 0.05) is 47.2 Å². The van der Waals surface area contributed by atoms with Crippen molar-refractivity contribution in [1.82, 2.24) is 4.90 Å². The van der Waals surface area contributed by atoms with E-state index < -0.39 is 0 Å². The monoisotopic (exact) mass is 448 g/mol. The van der Waals surface area contributed by atoms with E-state index in [-0.39, 0.29) is 0 Å². The molecule has 0 atom stereocenters. The maximum atomic E-state index is 6.19. The van der Waals surface area contributed by atoms with Crippen LogP contribution in [-0.4, -0.2) is 38.1 Å². The largest absolute Gasteiger partial charge is 0.488 e. The number of rotatable bonds is 5. The van der Waals surface area contributed by atoms with Gasteiger partial charge in [-0.25, -0.2) is 0 Å². The molecule has 0 radical (unpaired) electrons. The molecule has 4 aromatic rings. The van der Waals surface area contributed by atoms with Crippen LogP contribution >= 0.6 is 22.9 Å². The molecule has 1 fully saturated rings. The van der Waals surface area contributed by atoms with Crippen molar-refractivity contribution in [3.63, 3.8) is 0 Å². The molecule has 3 aromatic carbocycles. The number of hydrogen-bond donors (Lipinski definition) is 0. The molecule has 0 saturated carbocycles. The highest BCUT2D eigenvalue weighted by Crippen LogP contribution is 2.32. The summed E-state index contributed by atoms with van der Waals surface area (Å²) in [5.74, 6) is 0.913. The summed E-state index contributed by atoms with van der Waals surface area (Å²) in [4.78, 5) is 6.08. The van der Waals surface area contributed by atoms with E-state index in [0.29, 0.717) is 6.61 Å². The number of piperazine rings is 1. The van der Waals surface area contributed by atoms with Crippen LogP contribution in [0.25, 0.3) is 21.9 Å². The van der Waals surface area contributed by atoms with Gasteiger partial charge in [0.05, 0.1) is 0 Å². The molecule has 0 unspecified atom stereocenters. The highest BCUT2D eigenvalue weighted by atomic mass is 35.5. The van der Waals surface area contributed by atoms with Gasteiger partial charge < -0.3 is 14.5 Å². The first kappa shape index (κ1) is 20.4. The van der Waals surface area contributed by atoms with Crippen molar-refractivity contribution < 1.29 is 4.74 Å². The molecule has 3 nitrogen and oxygen atoms in total. The maximum absolute atomic E-state index is 6.19. The van der Waals surface area contributed by atoms with E-state index in [2.05, 4.69) is 76.8 Å². The average molecular weight is 449 g/mol. The van der Waals surface area contributed by atoms with E-state index in [4.69, 9.17) is 16.3 Å². The Morgan fingerprint density at radius 3 is 2.52 bits per heavy atom. The van der Waals surface area contributed by atoms with Crippen molar-refractivity contribution in [1.29, 1.82) is 0 Å². The van der Waals surface area contributed by atoms with Crippen LogP contribution in [0.2, 0.25) is 5.02 Å². The zero-order chi connectivity index (χ0) is 21.2. The number of halogens is 1. The number of likely N-dealkylation sites (N-methyl/N-ethyl adjacent to an activating group) is 1. The Hall–Kier alpha value is -2.53. The topological polar surface area (TPSA) is 15.7 Å². The molecule has 0 aliphatic carbocycles. The first-order chi connectivity index (χ1) is 15.2. The Kier molecular flexibility index (Phi) is 5.86. The zero-order valence-corrected chi connectivity index (χ0v) is 19.1. The second kappa shape index (κ2) is 8.91. The predicted molar refractivity (Wildman–Crippen MR) is 133 cm³/mol. The SMILES string of the molecule is CN1CCN(c2cccc3ccc(OCc4cc(-c5ccc(Cl)cc5)cs4)cc23)CC1. The molecular formula is C26H25ClN2OS. The summed E-state index contributed by atoms with van der Waals surface area (Å²) in [6.07, 6.45) is 0. The lowest BCUT2D eigenvalue weighted by molar-refractivity contribution is 0.310. The average Bonchev–Trinajstić information content (AvgIpc) is 3.27. The molecule has 1 aromatic heterocycles. The van der Waals surface area contributed by atoms with Gasteiger partial charge in [-0.1, -0.05) is 41.9 Å². The molecule has 1 aliphatic rings. The van der Waals surface area contributed by atoms with E-state index in [9.17, 15) is 0 Å². The second-order valence-corrected chi connectivity index (χ2v) is 9.48. The van der Waals surface area contributed by atoms with Crippen molar-refractivity contribution >= 4 is 39.4 Å². The van der Waals surface area contributed by atoms with Gasteiger partial charge in [-0.2, -0.15) is 0 Å². The van der Waals surface area contributed by atoms with Gasteiger partial charge in [-0.15, -0.1) is 11.3 Å². The minimum absolute atomic E-state index is 0.570. The van der Waals surface area contributed by atoms with Gasteiger partial charge in [0.1, 0.15) is 12.4 Å². The lowest BCUT2D eigenvalue weighted by Gasteiger charge is -2.34. The fraction of sp³-hybridized carbons (Fsp3) is 0.231. The number of hydrogen-bond acceptors (Lipinski definition) is 4. The van der Waals surface area contributed by atoms with Crippen molar-refractivity contribution in [2.75, 3.05) is 38.1 Å². The van der Waals surface area contributed by atoms with E-state index >= 15 is 0 Å². The van der Waals surface area contributed by atoms with Crippen LogP contribution in [-0.2, 0) is 6.61 Å². The summed E-state index contributed by atoms with van der Waals surface area (Å²) in [6, 6.07) is 23.2. The normalized spacial score (nSPS) is 14.8. The van der Waals surface area contributed by atoms with Crippen LogP contribution in [0.5, 0.6) is 5.75 Å². The van der Waals surface area contributed by atoms with Crippen molar-refractivity contribution in [3.8, 4) is 16.9 Å². The van der Waals surface area contributed by atoms with Crippen molar-refractivity contribution in [2.45, 2.75) is 6.61 Å². The van der Waals surface area contributed by atoms with Gasteiger partial charge >= 0.3 is 0 Å². The number of benzene rings is 3. The van der Waals surface area contributed by atoms with E-state index in [1.165, 1.54) is 32.5 Å². The van der Waals surface area contributed by atoms with Gasteiger partial charge in [-0.05, 0) is 65.3 Å². The van der Waals surface area contributed by atoms with Crippen LogP contribution in [0.3, 0.4) is 0 Å². The number of ether oxygens (including phenoxy) is 1. The third-order valence-electron chi connectivity index (χ3n) is 5.89. The van der Waals surface area contributed by atoms with Gasteiger partial charge in [0.15, 0.2) is 0 Å². The predicted octanol–water partition coefficient (Wildman–Crippen LogP) is 6.55. The summed E-state index contributed by atoms with van der Waals surface area (Å²) in [7, 11) is 2.19. The number of anilines is 1. The van der Waals surface area contributed by atoms with Gasteiger partial charge in [-0.3, -0.25) is 0 Å². The van der Waals surface area contributed by atoms with Crippen LogP contribution in [0.4, 0.5) is 5.69 Å². The molecule has 0 N–H and O–H groups in total. The Labute approximate surface area is 192 Å². The zero-order valence-electron chi connectivity index (χ0n) is 17.6. The molecule has 5 rings (SSSR count). The smallest absolute Gasteiger partial charge is 0.122 e. The Bertz CT molecular complexity index is 1180. The maximum Gasteiger partial charge on any atom is 0.122 e. The van der Waals surface area contributed by atoms with Crippen LogP contribution < -0.4 is 9.64 Å². The summed E-state index contributed by atoms with van der Waals surface area (Å²) in [5, 5.41) is 5.45. The fourth-order valence-electron chi connectivity index (χ4n) is 4.05. The summed E-state index contributed by atoms with van der Waals surface area (Å²) >= 11 is 7.73. The van der Waals surface area contributed by atoms with Gasteiger partial charge in [0.25, 0.3) is 0 Å². The van der Waals surface area contributed by atoms with Crippen LogP contribution in [0.15, 0.2) is 72.1 Å². The molecule has 1 saturated heterocycles. The minimum atomic E-state index is 0.570. The minimum Gasteiger partial charge on any atom is -0.488 e. The van der Waals surface area contributed by atoms with Crippen LogP contribution in [0.1, 0.15) is 4.88 Å². The summed E-state index contributed by atoms with van der Waals surface area (Å²) < 4.78 is 6.19. The third-order valence-corrected chi connectivity index (χ3v) is 7.05. The summed E-state index contributed by atoms with van der Waals surface area (Å²) in [6.45, 7) is 4.88. The lowest BCUT2D eigenvalue weighted by Crippen LogP contribution is -2.44. The molecule has 2 heterocycles. The molecule has 1 aliphatic heterocycles. The first-order valence-electron chi connectivity index (χ1n) is 10.6. The highest BCUT2D eigenvalue weighted by Gasteiger charge is 2.16. The fourth-order valence-corrected chi connectivity index (χ4v) is 4.98. The number of nitrogens with zero attached hydrogens (tertiary/aromatic N) is 2. The molecule has 0 spiro atoms. The van der Waals surface area contributed by atoms with Crippen molar-refractivity contribution in [3.05, 3.63) is 82.0 Å². The molecule has 5 heteroatoms. The molecule has 31 heavy (non-hydrogen) atoms. The molecular weight excluding hydrogens is 424 g/mol. The van der Waals surface area contributed by atoms with Crippen molar-refractivity contribution in [2.24, 2.45) is 0 Å². The Morgan fingerprint density at radius 2 is 1.71 bits per heavy atom. The molecule has 0 bridgehead atoms. The van der Waals surface area contributed by atoms with Gasteiger partial charge in [0.2, 0.25) is 0 Å².